The number of aromatic nitrogens is 1. The normalized spacial score (nSPS) is 18.3. The minimum atomic E-state index is -0.740. The number of carbonyl (C=O) groups is 2. The van der Waals surface area contributed by atoms with Crippen molar-refractivity contribution in [3.63, 3.8) is 0 Å². The van der Waals surface area contributed by atoms with Crippen LogP contribution in [0.1, 0.15) is 37.8 Å². The maximum Gasteiger partial charge on any atom is 0.306 e. The lowest BCUT2D eigenvalue weighted by Gasteiger charge is -2.25. The van der Waals surface area contributed by atoms with E-state index in [9.17, 15) is 14.0 Å². The molecule has 1 aliphatic carbocycles. The fourth-order valence-electron chi connectivity index (χ4n) is 4.12. The zero-order valence-electron chi connectivity index (χ0n) is 17.6. The van der Waals surface area contributed by atoms with Gasteiger partial charge < -0.3 is 15.2 Å². The van der Waals surface area contributed by atoms with Gasteiger partial charge in [0.05, 0.1) is 17.1 Å². The number of fused-ring (bicyclic) bond motifs is 1. The van der Waals surface area contributed by atoms with Gasteiger partial charge in [-0.05, 0) is 61.9 Å². The van der Waals surface area contributed by atoms with Crippen molar-refractivity contribution in [3.05, 3.63) is 66.1 Å². The van der Waals surface area contributed by atoms with E-state index in [1.54, 1.807) is 30.3 Å². The average Bonchev–Trinajstić information content (AvgIpc) is 2.78. The summed E-state index contributed by atoms with van der Waals surface area (Å²) in [7, 11) is 0. The molecule has 1 aliphatic rings. The van der Waals surface area contributed by atoms with Crippen molar-refractivity contribution >= 4 is 28.5 Å². The van der Waals surface area contributed by atoms with Crippen LogP contribution in [-0.4, -0.2) is 22.0 Å². The summed E-state index contributed by atoms with van der Waals surface area (Å²) in [4.78, 5) is 27.9. The largest absolute Gasteiger partial charge is 0.487 e. The second kappa shape index (κ2) is 9.77. The van der Waals surface area contributed by atoms with E-state index in [4.69, 9.17) is 9.84 Å². The summed E-state index contributed by atoms with van der Waals surface area (Å²) in [6.45, 7) is 0.219. The summed E-state index contributed by atoms with van der Waals surface area (Å²) in [5.74, 6) is -0.629. The molecule has 0 bridgehead atoms. The van der Waals surface area contributed by atoms with E-state index >= 15 is 0 Å². The van der Waals surface area contributed by atoms with Crippen LogP contribution in [0.3, 0.4) is 0 Å². The van der Waals surface area contributed by atoms with E-state index in [-0.39, 0.29) is 30.2 Å². The van der Waals surface area contributed by atoms with Crippen LogP contribution in [0.5, 0.6) is 5.75 Å². The molecule has 0 radical (unpaired) electrons. The van der Waals surface area contributed by atoms with Gasteiger partial charge in [0.2, 0.25) is 5.91 Å². The Bertz CT molecular complexity index is 1130. The Kier molecular flexibility index (Phi) is 6.63. The van der Waals surface area contributed by atoms with E-state index in [0.29, 0.717) is 41.9 Å². The first-order chi connectivity index (χ1) is 15.5. The number of nitrogens with one attached hydrogen (secondary N) is 1. The summed E-state index contributed by atoms with van der Waals surface area (Å²) in [5, 5.41) is 12.8. The Hall–Kier alpha value is -3.48. The van der Waals surface area contributed by atoms with Crippen molar-refractivity contribution < 1.29 is 23.8 Å². The number of benzene rings is 2. The van der Waals surface area contributed by atoms with Crippen molar-refractivity contribution in [2.75, 3.05) is 5.32 Å². The molecule has 0 atom stereocenters. The molecular formula is C25H25FN2O4. The molecule has 1 heterocycles. The number of hydrogen-bond donors (Lipinski definition) is 2. The van der Waals surface area contributed by atoms with E-state index in [2.05, 4.69) is 10.3 Å². The Morgan fingerprint density at radius 3 is 2.62 bits per heavy atom. The number of carboxylic acid groups (broad SMARTS) is 1. The van der Waals surface area contributed by atoms with Gasteiger partial charge >= 0.3 is 5.97 Å². The number of halogens is 1. The summed E-state index contributed by atoms with van der Waals surface area (Å²) in [5.41, 5.74) is 1.89. The number of pyridine rings is 1. The van der Waals surface area contributed by atoms with Crippen LogP contribution in [0.15, 0.2) is 54.6 Å². The maximum absolute atomic E-state index is 13.4. The number of amides is 1. The number of aliphatic carboxylic acids is 1. The lowest BCUT2D eigenvalue weighted by atomic mass is 9.80. The average molecular weight is 436 g/mol. The SMILES string of the molecule is O=C(CC1CCC(C(=O)O)CC1)Nc1cccc(OCc2ccc3ccc(F)cc3n2)c1. The van der Waals surface area contributed by atoms with Crippen molar-refractivity contribution in [1.82, 2.24) is 4.98 Å². The van der Waals surface area contributed by atoms with Gasteiger partial charge in [-0.25, -0.2) is 9.37 Å². The van der Waals surface area contributed by atoms with Crippen LogP contribution >= 0.6 is 0 Å². The zero-order chi connectivity index (χ0) is 22.5. The standard InChI is InChI=1S/C25H25FN2O4/c26-19-10-8-17-9-11-21(27-23(17)13-19)15-32-22-3-1-2-20(14-22)28-24(29)12-16-4-6-18(7-5-16)25(30)31/h1-3,8-11,13-14,16,18H,4-7,12,15H2,(H,28,29)(H,30,31). The first kappa shape index (κ1) is 21.7. The number of carbonyl (C=O) groups excluding carboxylic acids is 1. The van der Waals surface area contributed by atoms with Gasteiger partial charge in [0.15, 0.2) is 0 Å². The third-order valence-corrected chi connectivity index (χ3v) is 5.89. The molecule has 1 amide bonds. The van der Waals surface area contributed by atoms with E-state index in [1.807, 2.05) is 12.1 Å². The Labute approximate surface area is 185 Å². The minimum Gasteiger partial charge on any atom is -0.487 e. The van der Waals surface area contributed by atoms with Gasteiger partial charge in [-0.1, -0.05) is 12.1 Å². The lowest BCUT2D eigenvalue weighted by Crippen LogP contribution is -2.24. The van der Waals surface area contributed by atoms with Crippen LogP contribution in [0.4, 0.5) is 10.1 Å². The predicted octanol–water partition coefficient (Wildman–Crippen LogP) is 5.17. The molecule has 0 unspecified atom stereocenters. The van der Waals surface area contributed by atoms with Gasteiger partial charge in [0, 0.05) is 29.6 Å². The molecule has 1 fully saturated rings. The predicted molar refractivity (Wildman–Crippen MR) is 119 cm³/mol. The first-order valence-corrected chi connectivity index (χ1v) is 10.8. The summed E-state index contributed by atoms with van der Waals surface area (Å²) >= 11 is 0. The molecule has 2 N–H and O–H groups in total. The number of ether oxygens (including phenoxy) is 1. The number of carboxylic acids is 1. The lowest BCUT2D eigenvalue weighted by molar-refractivity contribution is -0.143. The highest BCUT2D eigenvalue weighted by Crippen LogP contribution is 2.31. The van der Waals surface area contributed by atoms with Gasteiger partial charge in [0.1, 0.15) is 18.2 Å². The molecule has 0 saturated heterocycles. The van der Waals surface area contributed by atoms with Gasteiger partial charge in [-0.15, -0.1) is 0 Å². The van der Waals surface area contributed by atoms with Crippen molar-refractivity contribution in [2.24, 2.45) is 11.8 Å². The fraction of sp³-hybridized carbons (Fsp3) is 0.320. The number of nitrogens with zero attached hydrogens (tertiary/aromatic N) is 1. The molecule has 4 rings (SSSR count). The highest BCUT2D eigenvalue weighted by Gasteiger charge is 2.27. The monoisotopic (exact) mass is 436 g/mol. The Morgan fingerprint density at radius 2 is 1.84 bits per heavy atom. The molecule has 1 aromatic heterocycles. The topological polar surface area (TPSA) is 88.5 Å². The first-order valence-electron chi connectivity index (χ1n) is 10.8. The van der Waals surface area contributed by atoms with Crippen LogP contribution < -0.4 is 10.1 Å². The Balaban J connectivity index is 1.30. The van der Waals surface area contributed by atoms with E-state index in [1.165, 1.54) is 12.1 Å². The van der Waals surface area contributed by atoms with E-state index < -0.39 is 5.97 Å². The van der Waals surface area contributed by atoms with Crippen LogP contribution in [0.25, 0.3) is 10.9 Å². The van der Waals surface area contributed by atoms with Gasteiger partial charge in [-0.2, -0.15) is 0 Å². The highest BCUT2D eigenvalue weighted by molar-refractivity contribution is 5.91. The van der Waals surface area contributed by atoms with Crippen LogP contribution in [0.2, 0.25) is 0 Å². The molecule has 7 heteroatoms. The third-order valence-electron chi connectivity index (χ3n) is 5.89. The van der Waals surface area contributed by atoms with Crippen LogP contribution in [-0.2, 0) is 16.2 Å². The zero-order valence-corrected chi connectivity index (χ0v) is 17.6. The number of hydrogen-bond acceptors (Lipinski definition) is 4. The molecule has 0 aliphatic heterocycles. The van der Waals surface area contributed by atoms with E-state index in [0.717, 1.165) is 18.2 Å². The number of rotatable bonds is 7. The molecular weight excluding hydrogens is 411 g/mol. The number of anilines is 1. The fourth-order valence-corrected chi connectivity index (χ4v) is 4.12. The van der Waals surface area contributed by atoms with Crippen LogP contribution in [0, 0.1) is 17.7 Å². The second-order valence-electron chi connectivity index (χ2n) is 8.26. The van der Waals surface area contributed by atoms with Gasteiger partial charge in [0.25, 0.3) is 0 Å². The summed E-state index contributed by atoms with van der Waals surface area (Å²) < 4.78 is 19.3. The van der Waals surface area contributed by atoms with Crippen molar-refractivity contribution in [2.45, 2.75) is 38.7 Å². The maximum atomic E-state index is 13.4. The summed E-state index contributed by atoms with van der Waals surface area (Å²) in [6.07, 6.45) is 3.17. The second-order valence-corrected chi connectivity index (χ2v) is 8.26. The summed E-state index contributed by atoms with van der Waals surface area (Å²) in [6, 6.07) is 15.3. The van der Waals surface area contributed by atoms with Gasteiger partial charge in [-0.3, -0.25) is 9.59 Å². The molecule has 166 valence electrons. The molecule has 0 spiro atoms. The molecule has 1 saturated carbocycles. The molecule has 2 aromatic carbocycles. The molecule has 32 heavy (non-hydrogen) atoms. The van der Waals surface area contributed by atoms with Crippen molar-refractivity contribution in [1.29, 1.82) is 0 Å². The highest BCUT2D eigenvalue weighted by atomic mass is 19.1. The minimum absolute atomic E-state index is 0.0841. The molecule has 3 aromatic rings. The third kappa shape index (κ3) is 5.60. The smallest absolute Gasteiger partial charge is 0.306 e. The Morgan fingerprint density at radius 1 is 1.06 bits per heavy atom. The molecule has 6 nitrogen and oxygen atoms in total. The van der Waals surface area contributed by atoms with Crippen molar-refractivity contribution in [3.8, 4) is 5.75 Å². The quantitative estimate of drug-likeness (QED) is 0.533.